The number of aliphatic hydroxyl groups is 2. The van der Waals surface area contributed by atoms with Crippen LogP contribution >= 0.6 is 23.2 Å². The van der Waals surface area contributed by atoms with E-state index >= 15 is 0 Å². The Kier molecular flexibility index (Phi) is 1.90. The molecule has 1 aliphatic rings. The summed E-state index contributed by atoms with van der Waals surface area (Å²) in [5.74, 6) is -1.17. The molecule has 0 aromatic heterocycles. The van der Waals surface area contributed by atoms with Gasteiger partial charge in [-0.1, -0.05) is 11.6 Å². The summed E-state index contributed by atoms with van der Waals surface area (Å²) in [6.45, 7) is 0. The molecule has 0 heterocycles. The van der Waals surface area contributed by atoms with Gasteiger partial charge in [-0.05, 0) is 0 Å². The molecule has 0 unspecified atom stereocenters. The Morgan fingerprint density at radius 2 is 2.00 bits per heavy atom. The highest BCUT2D eigenvalue weighted by atomic mass is 35.5. The number of aliphatic hydroxyl groups excluding tert-OH is 2. The molecule has 3 nitrogen and oxygen atoms in total. The molecule has 56 valence electrons. The summed E-state index contributed by atoms with van der Waals surface area (Å²) in [6.07, 6.45) is -1.35. The van der Waals surface area contributed by atoms with Crippen LogP contribution in [0, 0.1) is 0 Å². The van der Waals surface area contributed by atoms with Crippen molar-refractivity contribution >= 4 is 29.0 Å². The first-order valence-electron chi connectivity index (χ1n) is 2.50. The normalized spacial score (nSPS) is 33.7. The van der Waals surface area contributed by atoms with E-state index < -0.39 is 23.0 Å². The number of carbonyl (C=O) groups is 1. The van der Waals surface area contributed by atoms with Gasteiger partial charge >= 0.3 is 0 Å². The van der Waals surface area contributed by atoms with Gasteiger partial charge in [0, 0.05) is 0 Å². The molecule has 2 atom stereocenters. The number of halogens is 2. The van der Waals surface area contributed by atoms with Crippen molar-refractivity contribution in [1.29, 1.82) is 0 Å². The number of allylic oxidation sites excluding steroid dienone is 1. The molecule has 0 amide bonds. The number of hydrogen-bond acceptors (Lipinski definition) is 3. The molecule has 0 saturated carbocycles. The number of hydrogen-bond donors (Lipinski definition) is 2. The van der Waals surface area contributed by atoms with Crippen molar-refractivity contribution in [3.63, 3.8) is 0 Å². The third-order valence-corrected chi connectivity index (χ3v) is 2.07. The Bertz CT molecular complexity index is 211. The molecule has 0 bridgehead atoms. The first-order valence-corrected chi connectivity index (χ1v) is 3.32. The van der Waals surface area contributed by atoms with Crippen LogP contribution in [0.15, 0.2) is 10.8 Å². The molecule has 0 radical (unpaired) electrons. The van der Waals surface area contributed by atoms with Crippen LogP contribution in [-0.4, -0.2) is 27.5 Å². The number of alkyl halides is 1. The number of ketones is 1. The van der Waals surface area contributed by atoms with Crippen molar-refractivity contribution in [3.05, 3.63) is 10.8 Å². The monoisotopic (exact) mass is 182 g/mol. The van der Waals surface area contributed by atoms with E-state index in [0.717, 1.165) is 0 Å². The average Bonchev–Trinajstić information content (AvgIpc) is 2.07. The van der Waals surface area contributed by atoms with Gasteiger partial charge in [-0.25, -0.2) is 0 Å². The molecule has 0 saturated heterocycles. The maximum atomic E-state index is 10.7. The second kappa shape index (κ2) is 2.42. The number of rotatable bonds is 0. The predicted octanol–water partition coefficient (Wildman–Crippen LogP) is 0.546. The molecule has 10 heavy (non-hydrogen) atoms. The van der Waals surface area contributed by atoms with Crippen LogP contribution < -0.4 is 0 Å². The molecule has 0 aromatic carbocycles. The zero-order valence-electron chi connectivity index (χ0n) is 4.71. The van der Waals surface area contributed by atoms with E-state index in [1.807, 2.05) is 0 Å². The maximum absolute atomic E-state index is 10.7. The highest BCUT2D eigenvalue weighted by Gasteiger charge is 2.39. The van der Waals surface area contributed by atoms with Crippen molar-refractivity contribution in [2.45, 2.75) is 11.5 Å². The Morgan fingerprint density at radius 1 is 1.50 bits per heavy atom. The molecule has 0 fully saturated rings. The molecule has 0 aromatic rings. The average molecular weight is 183 g/mol. The van der Waals surface area contributed by atoms with Gasteiger partial charge in [-0.2, -0.15) is 0 Å². The van der Waals surface area contributed by atoms with E-state index in [9.17, 15) is 4.79 Å². The lowest BCUT2D eigenvalue weighted by Crippen LogP contribution is -2.22. The van der Waals surface area contributed by atoms with Crippen LogP contribution in [0.1, 0.15) is 0 Å². The lowest BCUT2D eigenvalue weighted by molar-refractivity contribution is -0.115. The van der Waals surface area contributed by atoms with E-state index in [-0.39, 0.29) is 5.03 Å². The fourth-order valence-corrected chi connectivity index (χ4v) is 1.17. The summed E-state index contributed by atoms with van der Waals surface area (Å²) < 4.78 is 0. The second-order valence-electron chi connectivity index (χ2n) is 1.91. The third-order valence-electron chi connectivity index (χ3n) is 1.25. The smallest absolute Gasteiger partial charge is 0.198 e. The van der Waals surface area contributed by atoms with Crippen molar-refractivity contribution in [2.24, 2.45) is 0 Å². The van der Waals surface area contributed by atoms with Crippen LogP contribution in [0.4, 0.5) is 0 Å². The summed E-state index contributed by atoms with van der Waals surface area (Å²) in [6, 6.07) is 0. The van der Waals surface area contributed by atoms with Gasteiger partial charge in [-0.15, -0.1) is 11.6 Å². The van der Waals surface area contributed by atoms with Gasteiger partial charge in [0.05, 0.1) is 0 Å². The molecular formula is C5H4Cl2O3. The quantitative estimate of drug-likeness (QED) is 0.539. The Balaban J connectivity index is 2.99. The zero-order chi connectivity index (χ0) is 7.89. The molecule has 2 N–H and O–H groups in total. The van der Waals surface area contributed by atoms with Gasteiger partial charge in [0.1, 0.15) is 22.3 Å². The zero-order valence-corrected chi connectivity index (χ0v) is 6.23. The van der Waals surface area contributed by atoms with E-state index in [2.05, 4.69) is 0 Å². The lowest BCUT2D eigenvalue weighted by atomic mass is 10.3. The fraction of sp³-hybridized carbons (Fsp3) is 0.400. The Morgan fingerprint density at radius 3 is 2.10 bits per heavy atom. The predicted molar refractivity (Wildman–Crippen MR) is 36.2 cm³/mol. The molecule has 1 aliphatic carbocycles. The summed E-state index contributed by atoms with van der Waals surface area (Å²) in [5, 5.41) is 16.2. The van der Waals surface area contributed by atoms with E-state index in [4.69, 9.17) is 33.4 Å². The van der Waals surface area contributed by atoms with Crippen LogP contribution in [0.3, 0.4) is 0 Å². The largest absolute Gasteiger partial charge is 0.508 e. The van der Waals surface area contributed by atoms with E-state index in [1.165, 1.54) is 0 Å². The molecule has 0 aliphatic heterocycles. The van der Waals surface area contributed by atoms with Crippen LogP contribution in [0.2, 0.25) is 0 Å². The van der Waals surface area contributed by atoms with Crippen molar-refractivity contribution in [3.8, 4) is 0 Å². The molecule has 5 heteroatoms. The fourth-order valence-electron chi connectivity index (χ4n) is 0.659. The SMILES string of the molecule is O=C1C(Cl)=C(O)[C@@H](O)[C@@H]1Cl. The third kappa shape index (κ3) is 0.905. The molecule has 0 spiro atoms. The van der Waals surface area contributed by atoms with Crippen molar-refractivity contribution in [1.82, 2.24) is 0 Å². The van der Waals surface area contributed by atoms with Gasteiger partial charge in [0.15, 0.2) is 5.78 Å². The van der Waals surface area contributed by atoms with Crippen LogP contribution in [-0.2, 0) is 4.79 Å². The standard InChI is InChI=1S/C5H4Cl2O3/c6-1-3(8)2(7)5(10)4(1)9/h1,4,9-10H/t1-,4+/m1/s1. The first-order chi connectivity index (χ1) is 4.55. The highest BCUT2D eigenvalue weighted by molar-refractivity contribution is 6.50. The first kappa shape index (κ1) is 7.85. The summed E-state index contributed by atoms with van der Waals surface area (Å²) >= 11 is 10.6. The second-order valence-corrected chi connectivity index (χ2v) is 2.76. The summed E-state index contributed by atoms with van der Waals surface area (Å²) in [5.41, 5.74) is 0. The summed E-state index contributed by atoms with van der Waals surface area (Å²) in [4.78, 5) is 10.7. The summed E-state index contributed by atoms with van der Waals surface area (Å²) in [7, 11) is 0. The number of Topliss-reactive ketones (excluding diaryl/α,β-unsaturated/α-hetero) is 1. The van der Waals surface area contributed by atoms with Crippen LogP contribution in [0.25, 0.3) is 0 Å². The van der Waals surface area contributed by atoms with Crippen molar-refractivity contribution in [2.75, 3.05) is 0 Å². The van der Waals surface area contributed by atoms with E-state index in [0.29, 0.717) is 0 Å². The van der Waals surface area contributed by atoms with Gasteiger partial charge < -0.3 is 10.2 Å². The van der Waals surface area contributed by atoms with Gasteiger partial charge in [0.2, 0.25) is 0 Å². The number of carbonyl (C=O) groups excluding carboxylic acids is 1. The van der Waals surface area contributed by atoms with Gasteiger partial charge in [0.25, 0.3) is 0 Å². The minimum atomic E-state index is -1.35. The molecular weight excluding hydrogens is 179 g/mol. The maximum Gasteiger partial charge on any atom is 0.198 e. The van der Waals surface area contributed by atoms with Crippen LogP contribution in [0.5, 0.6) is 0 Å². The molecule has 1 rings (SSSR count). The van der Waals surface area contributed by atoms with Gasteiger partial charge in [-0.3, -0.25) is 4.79 Å². The van der Waals surface area contributed by atoms with E-state index in [1.54, 1.807) is 0 Å². The minimum absolute atomic E-state index is 0.368. The Labute approximate surface area is 66.9 Å². The Hall–Kier alpha value is -0.250. The lowest BCUT2D eigenvalue weighted by Gasteiger charge is -2.03. The van der Waals surface area contributed by atoms with Crippen molar-refractivity contribution < 1.29 is 15.0 Å². The topological polar surface area (TPSA) is 57.5 Å². The highest BCUT2D eigenvalue weighted by Crippen LogP contribution is 2.28. The minimum Gasteiger partial charge on any atom is -0.508 e.